The van der Waals surface area contributed by atoms with Gasteiger partial charge in [0.1, 0.15) is 18.5 Å². The fraction of sp³-hybridized carbons (Fsp3) is 0.368. The minimum Gasteiger partial charge on any atom is -0.493 e. The number of likely N-dealkylation sites (N-methyl/N-ethyl adjacent to an activating group) is 1. The van der Waals surface area contributed by atoms with E-state index in [0.717, 1.165) is 5.56 Å². The van der Waals surface area contributed by atoms with Gasteiger partial charge in [-0.15, -0.1) is 0 Å². The Bertz CT molecular complexity index is 733. The number of methoxy groups -OCH3 is 1. The van der Waals surface area contributed by atoms with Crippen LogP contribution in [-0.2, 0) is 6.54 Å². The summed E-state index contributed by atoms with van der Waals surface area (Å²) in [6.07, 6.45) is -0.749. The molecule has 0 fully saturated rings. The zero-order valence-corrected chi connectivity index (χ0v) is 15.8. The standard InChI is InChI=1S/C19H22ClF2NO4/c1-23(11-14(24)12-26-16-6-4-3-5-15(16)20)10-13-7-8-17(25-2)18(9-13)27-19(21)22/h3-9,14,19,24H,10-12H2,1-2H3. The first-order valence-corrected chi connectivity index (χ1v) is 8.62. The Hall–Kier alpha value is -2.09. The molecule has 0 saturated heterocycles. The number of halogens is 3. The molecule has 0 aliphatic heterocycles. The number of benzene rings is 2. The Labute approximate surface area is 162 Å². The van der Waals surface area contributed by atoms with E-state index >= 15 is 0 Å². The average molecular weight is 402 g/mol. The number of ether oxygens (including phenoxy) is 3. The fourth-order valence-corrected chi connectivity index (χ4v) is 2.73. The molecule has 0 spiro atoms. The summed E-state index contributed by atoms with van der Waals surface area (Å²) in [6, 6.07) is 11.8. The van der Waals surface area contributed by atoms with Crippen LogP contribution in [0, 0.1) is 0 Å². The van der Waals surface area contributed by atoms with E-state index in [1.54, 1.807) is 43.4 Å². The number of nitrogens with zero attached hydrogens (tertiary/aromatic N) is 1. The number of rotatable bonds is 10. The highest BCUT2D eigenvalue weighted by atomic mass is 35.5. The number of aliphatic hydroxyl groups is 1. The quantitative estimate of drug-likeness (QED) is 0.656. The largest absolute Gasteiger partial charge is 0.493 e. The van der Waals surface area contributed by atoms with Gasteiger partial charge in [-0.05, 0) is 36.9 Å². The Morgan fingerprint density at radius 1 is 1.11 bits per heavy atom. The van der Waals surface area contributed by atoms with Gasteiger partial charge in [0.2, 0.25) is 0 Å². The molecule has 0 saturated carbocycles. The van der Waals surface area contributed by atoms with Gasteiger partial charge >= 0.3 is 6.61 Å². The molecule has 1 atom stereocenters. The Kier molecular flexibility index (Phi) is 8.09. The number of hydrogen-bond donors (Lipinski definition) is 1. The summed E-state index contributed by atoms with van der Waals surface area (Å²) < 4.78 is 40.0. The predicted octanol–water partition coefficient (Wildman–Crippen LogP) is 3.82. The maximum absolute atomic E-state index is 12.5. The van der Waals surface area contributed by atoms with Crippen LogP contribution in [0.3, 0.4) is 0 Å². The van der Waals surface area contributed by atoms with Crippen molar-refractivity contribution in [2.45, 2.75) is 19.3 Å². The Morgan fingerprint density at radius 3 is 2.52 bits per heavy atom. The highest BCUT2D eigenvalue weighted by Gasteiger charge is 2.14. The van der Waals surface area contributed by atoms with Crippen molar-refractivity contribution in [2.75, 3.05) is 27.3 Å². The van der Waals surface area contributed by atoms with Crippen molar-refractivity contribution in [2.24, 2.45) is 0 Å². The van der Waals surface area contributed by atoms with Gasteiger partial charge < -0.3 is 19.3 Å². The van der Waals surface area contributed by atoms with Crippen molar-refractivity contribution in [3.05, 3.63) is 53.1 Å². The summed E-state index contributed by atoms with van der Waals surface area (Å²) in [5.74, 6) is 0.709. The third-order valence-electron chi connectivity index (χ3n) is 3.69. The van der Waals surface area contributed by atoms with Crippen molar-refractivity contribution >= 4 is 11.6 Å². The van der Waals surface area contributed by atoms with E-state index in [-0.39, 0.29) is 18.1 Å². The van der Waals surface area contributed by atoms with E-state index in [1.165, 1.54) is 13.2 Å². The molecule has 27 heavy (non-hydrogen) atoms. The minimum absolute atomic E-state index is 0.0269. The maximum atomic E-state index is 12.5. The SMILES string of the molecule is COc1ccc(CN(C)CC(O)COc2ccccc2Cl)cc1OC(F)F. The molecule has 0 aliphatic rings. The molecule has 0 heterocycles. The summed E-state index contributed by atoms with van der Waals surface area (Å²) in [4.78, 5) is 1.84. The molecule has 2 aromatic carbocycles. The zero-order chi connectivity index (χ0) is 19.8. The second kappa shape index (κ2) is 10.3. The molecule has 5 nitrogen and oxygen atoms in total. The van der Waals surface area contributed by atoms with Crippen LogP contribution in [0.15, 0.2) is 42.5 Å². The van der Waals surface area contributed by atoms with Crippen LogP contribution in [-0.4, -0.2) is 50.0 Å². The van der Waals surface area contributed by atoms with Gasteiger partial charge in [-0.2, -0.15) is 8.78 Å². The van der Waals surface area contributed by atoms with Gasteiger partial charge in [-0.1, -0.05) is 29.8 Å². The van der Waals surface area contributed by atoms with Crippen molar-refractivity contribution in [3.63, 3.8) is 0 Å². The minimum atomic E-state index is -2.93. The third-order valence-corrected chi connectivity index (χ3v) is 4.00. The molecule has 0 aromatic heterocycles. The summed E-state index contributed by atoms with van der Waals surface area (Å²) in [5.41, 5.74) is 0.744. The third kappa shape index (κ3) is 6.86. The number of aliphatic hydroxyl groups excluding tert-OH is 1. The molecule has 2 rings (SSSR count). The second-order valence-corrected chi connectivity index (χ2v) is 6.36. The first-order valence-electron chi connectivity index (χ1n) is 8.24. The number of para-hydroxylation sites is 1. The second-order valence-electron chi connectivity index (χ2n) is 5.96. The van der Waals surface area contributed by atoms with Crippen molar-refractivity contribution < 1.29 is 28.1 Å². The summed E-state index contributed by atoms with van der Waals surface area (Å²) >= 11 is 6.00. The molecule has 148 valence electrons. The lowest BCUT2D eigenvalue weighted by Crippen LogP contribution is -2.32. The van der Waals surface area contributed by atoms with Crippen LogP contribution < -0.4 is 14.2 Å². The topological polar surface area (TPSA) is 51.2 Å². The van der Waals surface area contributed by atoms with E-state index < -0.39 is 12.7 Å². The van der Waals surface area contributed by atoms with Gasteiger partial charge in [-0.3, -0.25) is 4.90 Å². The van der Waals surface area contributed by atoms with Crippen molar-refractivity contribution in [1.82, 2.24) is 4.90 Å². The lowest BCUT2D eigenvalue weighted by molar-refractivity contribution is -0.0512. The van der Waals surface area contributed by atoms with Gasteiger partial charge in [-0.25, -0.2) is 0 Å². The molecule has 1 unspecified atom stereocenters. The van der Waals surface area contributed by atoms with Gasteiger partial charge in [0.15, 0.2) is 11.5 Å². The Morgan fingerprint density at radius 2 is 1.85 bits per heavy atom. The highest BCUT2D eigenvalue weighted by Crippen LogP contribution is 2.30. The summed E-state index contributed by atoms with van der Waals surface area (Å²) in [6.45, 7) is -2.11. The lowest BCUT2D eigenvalue weighted by atomic mass is 10.2. The van der Waals surface area contributed by atoms with Crippen LogP contribution >= 0.6 is 11.6 Å². The summed E-state index contributed by atoms with van der Waals surface area (Å²) in [5, 5.41) is 10.6. The van der Waals surface area contributed by atoms with Gasteiger partial charge in [0.25, 0.3) is 0 Å². The van der Waals surface area contributed by atoms with Crippen molar-refractivity contribution in [3.8, 4) is 17.2 Å². The average Bonchev–Trinajstić information content (AvgIpc) is 2.60. The molecular formula is C19H22ClF2NO4. The zero-order valence-electron chi connectivity index (χ0n) is 15.1. The first-order chi connectivity index (χ1) is 12.9. The molecule has 2 aromatic rings. The van der Waals surface area contributed by atoms with E-state index in [0.29, 0.717) is 23.9 Å². The van der Waals surface area contributed by atoms with Gasteiger partial charge in [0, 0.05) is 13.1 Å². The number of hydrogen-bond acceptors (Lipinski definition) is 5. The maximum Gasteiger partial charge on any atom is 0.387 e. The van der Waals surface area contributed by atoms with Crippen LogP contribution in [0.5, 0.6) is 17.2 Å². The normalized spacial score (nSPS) is 12.3. The van der Waals surface area contributed by atoms with E-state index in [4.69, 9.17) is 21.1 Å². The van der Waals surface area contributed by atoms with Crippen LogP contribution in [0.4, 0.5) is 8.78 Å². The smallest absolute Gasteiger partial charge is 0.387 e. The molecule has 0 aliphatic carbocycles. The van der Waals surface area contributed by atoms with Crippen LogP contribution in [0.1, 0.15) is 5.56 Å². The molecule has 0 amide bonds. The molecule has 0 radical (unpaired) electrons. The Balaban J connectivity index is 1.89. The van der Waals surface area contributed by atoms with Crippen LogP contribution in [0.2, 0.25) is 5.02 Å². The fourth-order valence-electron chi connectivity index (χ4n) is 2.54. The number of alkyl halides is 2. The molecule has 1 N–H and O–H groups in total. The molecule has 8 heteroatoms. The van der Waals surface area contributed by atoms with Gasteiger partial charge in [0.05, 0.1) is 12.1 Å². The van der Waals surface area contributed by atoms with Crippen molar-refractivity contribution in [1.29, 1.82) is 0 Å². The first kappa shape index (κ1) is 21.2. The monoisotopic (exact) mass is 401 g/mol. The predicted molar refractivity (Wildman–Crippen MR) is 98.9 cm³/mol. The van der Waals surface area contributed by atoms with E-state index in [2.05, 4.69) is 4.74 Å². The van der Waals surface area contributed by atoms with E-state index in [9.17, 15) is 13.9 Å². The van der Waals surface area contributed by atoms with E-state index in [1.807, 2.05) is 4.90 Å². The van der Waals surface area contributed by atoms with Crippen LogP contribution in [0.25, 0.3) is 0 Å². The molecule has 0 bridgehead atoms. The highest BCUT2D eigenvalue weighted by molar-refractivity contribution is 6.32. The summed E-state index contributed by atoms with van der Waals surface area (Å²) in [7, 11) is 3.19. The molecular weight excluding hydrogens is 380 g/mol. The lowest BCUT2D eigenvalue weighted by Gasteiger charge is -2.21.